The molecule has 0 spiro atoms. The number of anilines is 2. The Kier molecular flexibility index (Phi) is 6.49. The molecule has 26 heavy (non-hydrogen) atoms. The lowest BCUT2D eigenvalue weighted by molar-refractivity contribution is 0.146. The average molecular weight is 363 g/mol. The van der Waals surface area contributed by atoms with Gasteiger partial charge in [0, 0.05) is 44.9 Å². The van der Waals surface area contributed by atoms with E-state index in [4.69, 9.17) is 4.74 Å². The van der Waals surface area contributed by atoms with Gasteiger partial charge in [0.05, 0.1) is 6.61 Å². The van der Waals surface area contributed by atoms with E-state index < -0.39 is 0 Å². The van der Waals surface area contributed by atoms with Crippen molar-refractivity contribution in [1.29, 1.82) is 0 Å². The molecule has 0 radical (unpaired) electrons. The van der Waals surface area contributed by atoms with Crippen molar-refractivity contribution in [3.05, 3.63) is 12.4 Å². The molecule has 8 heteroatoms. The Bertz CT molecular complexity index is 600. The molecule has 0 saturated carbocycles. The molecule has 1 aromatic rings. The van der Waals surface area contributed by atoms with Crippen LogP contribution in [-0.2, 0) is 4.74 Å². The van der Waals surface area contributed by atoms with E-state index in [0.29, 0.717) is 19.1 Å². The third-order valence-electron chi connectivity index (χ3n) is 5.08. The molecule has 0 aromatic carbocycles. The predicted molar refractivity (Wildman–Crippen MR) is 99.4 cm³/mol. The van der Waals surface area contributed by atoms with Crippen LogP contribution in [0, 0.1) is 5.92 Å². The zero-order valence-electron chi connectivity index (χ0n) is 15.4. The second-order valence-corrected chi connectivity index (χ2v) is 7.02. The van der Waals surface area contributed by atoms with Crippen molar-refractivity contribution in [1.82, 2.24) is 15.3 Å². The highest BCUT2D eigenvalue weighted by Crippen LogP contribution is 2.25. The molecular weight excluding hydrogens is 334 g/mol. The molecule has 0 unspecified atom stereocenters. The van der Waals surface area contributed by atoms with E-state index in [1.165, 1.54) is 0 Å². The van der Waals surface area contributed by atoms with Gasteiger partial charge in [0.1, 0.15) is 18.0 Å². The zero-order valence-corrected chi connectivity index (χ0v) is 15.4. The average Bonchev–Trinajstić information content (AvgIpc) is 2.68. The Balaban J connectivity index is 1.64. The van der Waals surface area contributed by atoms with Crippen LogP contribution in [0.5, 0.6) is 0 Å². The predicted octanol–water partition coefficient (Wildman–Crippen LogP) is 1.40. The van der Waals surface area contributed by atoms with Crippen LogP contribution >= 0.6 is 0 Å². The fraction of sp³-hybridized carbons (Fsp3) is 0.722. The van der Waals surface area contributed by atoms with Crippen LogP contribution in [0.1, 0.15) is 32.6 Å². The molecule has 8 nitrogen and oxygen atoms in total. The maximum absolute atomic E-state index is 11.7. The first-order valence-corrected chi connectivity index (χ1v) is 9.55. The molecule has 2 fully saturated rings. The van der Waals surface area contributed by atoms with E-state index in [-0.39, 0.29) is 18.7 Å². The summed E-state index contributed by atoms with van der Waals surface area (Å²) in [5, 5.41) is 12.4. The van der Waals surface area contributed by atoms with Crippen LogP contribution in [0.3, 0.4) is 0 Å². The van der Waals surface area contributed by atoms with Crippen LogP contribution in [-0.4, -0.2) is 66.6 Å². The van der Waals surface area contributed by atoms with Gasteiger partial charge in [-0.05, 0) is 38.5 Å². The van der Waals surface area contributed by atoms with Crippen LogP contribution in [0.25, 0.3) is 0 Å². The number of aromatic nitrogens is 2. The van der Waals surface area contributed by atoms with Crippen molar-refractivity contribution < 1.29 is 14.6 Å². The number of aliphatic hydroxyl groups excluding tert-OH is 1. The monoisotopic (exact) mass is 363 g/mol. The third kappa shape index (κ3) is 4.75. The number of hydrogen-bond acceptors (Lipinski definition) is 7. The highest BCUT2D eigenvalue weighted by molar-refractivity contribution is 5.67. The fourth-order valence-electron chi connectivity index (χ4n) is 3.75. The maximum atomic E-state index is 11.7. The van der Waals surface area contributed by atoms with Gasteiger partial charge in [0.15, 0.2) is 0 Å². The number of carbonyl (C=O) groups excluding carboxylic acids is 1. The Labute approximate surface area is 154 Å². The van der Waals surface area contributed by atoms with Crippen molar-refractivity contribution in [2.24, 2.45) is 5.92 Å². The lowest BCUT2D eigenvalue weighted by atomic mass is 9.99. The van der Waals surface area contributed by atoms with E-state index in [2.05, 4.69) is 25.1 Å². The first-order valence-electron chi connectivity index (χ1n) is 9.55. The van der Waals surface area contributed by atoms with E-state index >= 15 is 0 Å². The van der Waals surface area contributed by atoms with Crippen molar-refractivity contribution in [3.63, 3.8) is 0 Å². The number of nitrogens with one attached hydrogen (secondary N) is 1. The zero-order chi connectivity index (χ0) is 18.4. The molecule has 144 valence electrons. The molecule has 1 aromatic heterocycles. The first kappa shape index (κ1) is 18.7. The van der Waals surface area contributed by atoms with Gasteiger partial charge in [-0.15, -0.1) is 0 Å². The van der Waals surface area contributed by atoms with Gasteiger partial charge in [-0.1, -0.05) is 0 Å². The fourth-order valence-corrected chi connectivity index (χ4v) is 3.75. The molecule has 2 aliphatic rings. The van der Waals surface area contributed by atoms with Crippen LogP contribution < -0.4 is 15.1 Å². The Morgan fingerprint density at radius 2 is 1.92 bits per heavy atom. The summed E-state index contributed by atoms with van der Waals surface area (Å²) in [5.74, 6) is 2.11. The largest absolute Gasteiger partial charge is 0.450 e. The summed E-state index contributed by atoms with van der Waals surface area (Å²) >= 11 is 0. The summed E-state index contributed by atoms with van der Waals surface area (Å²) in [6.45, 7) is 5.83. The van der Waals surface area contributed by atoms with E-state index in [1.807, 2.05) is 6.07 Å². The molecule has 0 aliphatic carbocycles. The minimum absolute atomic E-state index is 0.0648. The molecule has 2 atom stereocenters. The number of nitrogens with zero attached hydrogens (tertiary/aromatic N) is 4. The second-order valence-electron chi connectivity index (χ2n) is 7.02. The lowest BCUT2D eigenvalue weighted by Crippen LogP contribution is -2.48. The summed E-state index contributed by atoms with van der Waals surface area (Å²) in [5.41, 5.74) is 0. The Morgan fingerprint density at radius 3 is 2.62 bits per heavy atom. The van der Waals surface area contributed by atoms with Crippen LogP contribution in [0.2, 0.25) is 0 Å². The number of ether oxygens (including phenoxy) is 1. The van der Waals surface area contributed by atoms with E-state index in [0.717, 1.165) is 57.0 Å². The quantitative estimate of drug-likeness (QED) is 0.817. The summed E-state index contributed by atoms with van der Waals surface area (Å²) in [6.07, 6.45) is 5.32. The molecule has 0 bridgehead atoms. The smallest absolute Gasteiger partial charge is 0.407 e. The Hall–Kier alpha value is -2.09. The van der Waals surface area contributed by atoms with Gasteiger partial charge in [-0.2, -0.15) is 0 Å². The van der Waals surface area contributed by atoms with Gasteiger partial charge in [0.2, 0.25) is 0 Å². The number of alkyl carbamates (subject to hydrolysis) is 1. The molecule has 3 heterocycles. The Morgan fingerprint density at radius 1 is 1.23 bits per heavy atom. The van der Waals surface area contributed by atoms with Crippen molar-refractivity contribution >= 4 is 17.7 Å². The van der Waals surface area contributed by atoms with Gasteiger partial charge in [-0.3, -0.25) is 0 Å². The summed E-state index contributed by atoms with van der Waals surface area (Å²) in [7, 11) is 0. The number of carbonyl (C=O) groups is 1. The molecule has 2 aliphatic heterocycles. The number of piperidine rings is 2. The molecular formula is C18H29N5O3. The van der Waals surface area contributed by atoms with Gasteiger partial charge >= 0.3 is 6.09 Å². The number of amides is 1. The molecule has 1 amide bonds. The van der Waals surface area contributed by atoms with Gasteiger partial charge in [-0.25, -0.2) is 14.8 Å². The summed E-state index contributed by atoms with van der Waals surface area (Å²) in [4.78, 5) is 25.0. The minimum atomic E-state index is -0.355. The highest BCUT2D eigenvalue weighted by Gasteiger charge is 2.25. The van der Waals surface area contributed by atoms with Crippen molar-refractivity contribution in [2.75, 3.05) is 49.2 Å². The molecule has 2 saturated heterocycles. The lowest BCUT2D eigenvalue weighted by Gasteiger charge is -2.35. The summed E-state index contributed by atoms with van der Waals surface area (Å²) < 4.78 is 4.98. The number of aliphatic hydroxyl groups is 1. The molecule has 2 N–H and O–H groups in total. The normalized spacial score (nSPS) is 23.6. The van der Waals surface area contributed by atoms with Crippen molar-refractivity contribution in [3.8, 4) is 0 Å². The number of rotatable bonds is 5. The minimum Gasteiger partial charge on any atom is -0.450 e. The third-order valence-corrected chi connectivity index (χ3v) is 5.08. The topological polar surface area (TPSA) is 90.8 Å². The highest BCUT2D eigenvalue weighted by atomic mass is 16.5. The second kappa shape index (κ2) is 9.02. The van der Waals surface area contributed by atoms with Gasteiger partial charge in [0.25, 0.3) is 0 Å². The standard InChI is InChI=1S/C18H29N5O3/c1-2-26-18(25)21-15-6-4-8-23(11-15)17-9-16(19-13-20-17)22-7-3-5-14(10-22)12-24/h9,13-15,24H,2-8,10-12H2,1H3,(H,21,25)/t14-,15-/m1/s1. The van der Waals surface area contributed by atoms with E-state index in [1.54, 1.807) is 13.3 Å². The SMILES string of the molecule is CCOC(=O)N[C@@H]1CCCN(c2cc(N3CCC[C@@H](CO)C3)ncn2)C1. The van der Waals surface area contributed by atoms with E-state index in [9.17, 15) is 9.90 Å². The number of hydrogen-bond donors (Lipinski definition) is 2. The van der Waals surface area contributed by atoms with Crippen LogP contribution in [0.15, 0.2) is 12.4 Å². The maximum Gasteiger partial charge on any atom is 0.407 e. The summed E-state index contributed by atoms with van der Waals surface area (Å²) in [6, 6.07) is 2.09. The van der Waals surface area contributed by atoms with Crippen molar-refractivity contribution in [2.45, 2.75) is 38.6 Å². The van der Waals surface area contributed by atoms with Gasteiger partial charge < -0.3 is 25.0 Å². The van der Waals surface area contributed by atoms with Crippen LogP contribution in [0.4, 0.5) is 16.4 Å². The molecule has 3 rings (SSSR count). The first-order chi connectivity index (χ1) is 12.7.